The second kappa shape index (κ2) is 7.90. The Bertz CT molecular complexity index is 329. The highest BCUT2D eigenvalue weighted by atomic mass is 35.5. The molecule has 0 unspecified atom stereocenters. The maximum Gasteiger partial charge on any atom is 0.138 e. The van der Waals surface area contributed by atoms with E-state index in [0.29, 0.717) is 0 Å². The molecule has 16 heavy (non-hydrogen) atoms. The first-order valence-corrected chi connectivity index (χ1v) is 6.53. The molecule has 0 bridgehead atoms. The lowest BCUT2D eigenvalue weighted by Crippen LogP contribution is -2.20. The predicted molar refractivity (Wildman–Crippen MR) is 74.4 cm³/mol. The molecule has 0 aliphatic rings. The van der Waals surface area contributed by atoms with Gasteiger partial charge in [0.15, 0.2) is 0 Å². The molecule has 1 aromatic rings. The van der Waals surface area contributed by atoms with E-state index in [-0.39, 0.29) is 0 Å². The van der Waals surface area contributed by atoms with Crippen molar-refractivity contribution in [2.75, 3.05) is 20.3 Å². The van der Waals surface area contributed by atoms with Gasteiger partial charge in [-0.1, -0.05) is 35.6 Å². The van der Waals surface area contributed by atoms with Crippen molar-refractivity contribution >= 4 is 39.9 Å². The minimum atomic E-state index is 0.739. The lowest BCUT2D eigenvalue weighted by atomic mass is 10.4. The summed E-state index contributed by atoms with van der Waals surface area (Å²) < 4.78 is 5.73. The highest BCUT2D eigenvalue weighted by molar-refractivity contribution is 8.23. The van der Waals surface area contributed by atoms with Crippen LogP contribution in [0.2, 0.25) is 5.02 Å². The summed E-state index contributed by atoms with van der Waals surface area (Å²) in [6, 6.07) is 7.63. The summed E-state index contributed by atoms with van der Waals surface area (Å²) >= 11 is 12.5. The Hall–Kier alpha value is -0.290. The number of rotatable bonds is 5. The van der Waals surface area contributed by atoms with Crippen molar-refractivity contribution in [1.29, 1.82) is 0 Å². The van der Waals surface area contributed by atoms with Gasteiger partial charge in [0.05, 0.1) is 0 Å². The van der Waals surface area contributed by atoms with Gasteiger partial charge >= 0.3 is 0 Å². The molecule has 2 nitrogen and oxygen atoms in total. The second-order valence-corrected chi connectivity index (χ2v) is 5.30. The first-order chi connectivity index (χ1) is 7.72. The normalized spacial score (nSPS) is 10.1. The van der Waals surface area contributed by atoms with Crippen molar-refractivity contribution in [3.05, 3.63) is 29.3 Å². The number of halogens is 1. The number of ether oxygens (including phenoxy) is 1. The Morgan fingerprint density at radius 2 is 2.12 bits per heavy atom. The predicted octanol–water partition coefficient (Wildman–Crippen LogP) is 3.34. The van der Waals surface area contributed by atoms with Gasteiger partial charge in [-0.15, -0.1) is 0 Å². The maximum absolute atomic E-state index is 5.79. The Morgan fingerprint density at radius 1 is 1.44 bits per heavy atom. The quantitative estimate of drug-likeness (QED) is 0.505. The van der Waals surface area contributed by atoms with Gasteiger partial charge in [-0.2, -0.15) is 0 Å². The molecule has 0 heterocycles. The Morgan fingerprint density at radius 3 is 2.75 bits per heavy atom. The molecular formula is C11H14ClNOS2. The highest BCUT2D eigenvalue weighted by Gasteiger charge is 1.99. The molecule has 0 radical (unpaired) electrons. The molecule has 0 spiro atoms. The number of benzene rings is 1. The Kier molecular flexibility index (Phi) is 6.80. The fourth-order valence-corrected chi connectivity index (χ4v) is 2.23. The van der Waals surface area contributed by atoms with Crippen LogP contribution in [-0.2, 0) is 4.74 Å². The molecule has 88 valence electrons. The van der Waals surface area contributed by atoms with Gasteiger partial charge in [0.25, 0.3) is 0 Å². The summed E-state index contributed by atoms with van der Waals surface area (Å²) in [4.78, 5) is 1.09. The van der Waals surface area contributed by atoms with Crippen LogP contribution < -0.4 is 5.32 Å². The molecule has 5 heteroatoms. The Balaban J connectivity index is 2.26. The molecule has 0 aromatic heterocycles. The van der Waals surface area contributed by atoms with Gasteiger partial charge in [-0.25, -0.2) is 0 Å². The minimum absolute atomic E-state index is 0.739. The van der Waals surface area contributed by atoms with Crippen molar-refractivity contribution in [1.82, 2.24) is 5.32 Å². The number of hydrogen-bond acceptors (Lipinski definition) is 3. The standard InChI is InChI=1S/C11H14ClNOS2/c1-14-8-2-7-13-11(15)16-10-5-3-9(12)4-6-10/h3-6H,2,7-8H2,1H3,(H,13,15). The SMILES string of the molecule is COCCCNC(=S)Sc1ccc(Cl)cc1. The third-order valence-corrected chi connectivity index (χ3v) is 3.30. The lowest BCUT2D eigenvalue weighted by Gasteiger charge is -2.06. The number of thiocarbonyl (C=S) groups is 1. The molecule has 0 saturated heterocycles. The molecule has 1 rings (SSSR count). The van der Waals surface area contributed by atoms with Crippen LogP contribution in [0, 0.1) is 0 Å². The molecule has 1 aromatic carbocycles. The summed E-state index contributed by atoms with van der Waals surface area (Å²) in [5, 5.41) is 3.90. The molecule has 0 aliphatic heterocycles. The van der Waals surface area contributed by atoms with Crippen molar-refractivity contribution in [2.45, 2.75) is 11.3 Å². The largest absolute Gasteiger partial charge is 0.385 e. The van der Waals surface area contributed by atoms with Gasteiger partial charge in [0, 0.05) is 30.2 Å². The molecule has 0 amide bonds. The average molecular weight is 276 g/mol. The number of methoxy groups -OCH3 is 1. The Labute approximate surface area is 111 Å². The number of nitrogens with one attached hydrogen (secondary N) is 1. The second-order valence-electron chi connectivity index (χ2n) is 3.12. The minimum Gasteiger partial charge on any atom is -0.385 e. The molecular weight excluding hydrogens is 262 g/mol. The molecule has 1 N–H and O–H groups in total. The first kappa shape index (κ1) is 13.8. The summed E-state index contributed by atoms with van der Waals surface area (Å²) in [6.45, 7) is 1.59. The molecule has 0 saturated carbocycles. The lowest BCUT2D eigenvalue weighted by molar-refractivity contribution is 0.196. The van der Waals surface area contributed by atoms with Gasteiger partial charge in [0.2, 0.25) is 0 Å². The third-order valence-electron chi connectivity index (χ3n) is 1.82. The molecule has 0 fully saturated rings. The first-order valence-electron chi connectivity index (χ1n) is 4.92. The summed E-state index contributed by atoms with van der Waals surface area (Å²) in [5.74, 6) is 0. The zero-order valence-electron chi connectivity index (χ0n) is 9.03. The van der Waals surface area contributed by atoms with E-state index < -0.39 is 0 Å². The summed E-state index contributed by atoms with van der Waals surface area (Å²) in [5.41, 5.74) is 0. The van der Waals surface area contributed by atoms with Gasteiger partial charge in [-0.3, -0.25) is 0 Å². The van der Waals surface area contributed by atoms with Crippen LogP contribution in [-0.4, -0.2) is 24.6 Å². The molecule has 0 aliphatic carbocycles. The molecule has 0 atom stereocenters. The zero-order chi connectivity index (χ0) is 11.8. The maximum atomic E-state index is 5.79. The van der Waals surface area contributed by atoms with E-state index in [2.05, 4.69) is 5.32 Å². The van der Waals surface area contributed by atoms with Crippen molar-refractivity contribution in [3.8, 4) is 0 Å². The smallest absolute Gasteiger partial charge is 0.138 e. The van der Waals surface area contributed by atoms with Crippen LogP contribution in [0.25, 0.3) is 0 Å². The van der Waals surface area contributed by atoms with Crippen LogP contribution in [0.1, 0.15) is 6.42 Å². The van der Waals surface area contributed by atoms with Crippen molar-refractivity contribution < 1.29 is 4.74 Å². The summed E-state index contributed by atoms with van der Waals surface area (Å²) in [6.07, 6.45) is 0.956. The van der Waals surface area contributed by atoms with E-state index in [9.17, 15) is 0 Å². The fraction of sp³-hybridized carbons (Fsp3) is 0.364. The van der Waals surface area contributed by atoms with Gasteiger partial charge in [-0.05, 0) is 30.7 Å². The van der Waals surface area contributed by atoms with Gasteiger partial charge in [0.1, 0.15) is 4.32 Å². The highest BCUT2D eigenvalue weighted by Crippen LogP contribution is 2.20. The average Bonchev–Trinajstić information content (AvgIpc) is 2.28. The van der Waals surface area contributed by atoms with E-state index >= 15 is 0 Å². The number of thioether (sulfide) groups is 1. The van der Waals surface area contributed by atoms with E-state index in [1.807, 2.05) is 24.3 Å². The van der Waals surface area contributed by atoms with E-state index in [0.717, 1.165) is 33.8 Å². The summed E-state index contributed by atoms with van der Waals surface area (Å²) in [7, 11) is 1.70. The van der Waals surface area contributed by atoms with Crippen molar-refractivity contribution in [2.24, 2.45) is 0 Å². The van der Waals surface area contributed by atoms with Crippen LogP contribution in [0.4, 0.5) is 0 Å². The van der Waals surface area contributed by atoms with Crippen molar-refractivity contribution in [3.63, 3.8) is 0 Å². The van der Waals surface area contributed by atoms with Crippen LogP contribution in [0.3, 0.4) is 0 Å². The monoisotopic (exact) mass is 275 g/mol. The van der Waals surface area contributed by atoms with Crippen LogP contribution in [0.5, 0.6) is 0 Å². The van der Waals surface area contributed by atoms with E-state index in [1.54, 1.807) is 7.11 Å². The van der Waals surface area contributed by atoms with Crippen LogP contribution in [0.15, 0.2) is 29.2 Å². The number of hydrogen-bond donors (Lipinski definition) is 1. The van der Waals surface area contributed by atoms with E-state index in [4.69, 9.17) is 28.6 Å². The fourth-order valence-electron chi connectivity index (χ4n) is 1.05. The third kappa shape index (κ3) is 5.70. The van der Waals surface area contributed by atoms with Gasteiger partial charge < -0.3 is 10.1 Å². The van der Waals surface area contributed by atoms with E-state index in [1.165, 1.54) is 11.8 Å². The topological polar surface area (TPSA) is 21.3 Å². The van der Waals surface area contributed by atoms with Crippen LogP contribution >= 0.6 is 35.6 Å². The zero-order valence-corrected chi connectivity index (χ0v) is 11.4.